The lowest BCUT2D eigenvalue weighted by atomic mass is 9.89. The van der Waals surface area contributed by atoms with Gasteiger partial charge >= 0.3 is 0 Å². The molecule has 1 heterocycles. The summed E-state index contributed by atoms with van der Waals surface area (Å²) < 4.78 is 0.997. The molecular formula is C19H23BrClN3O. The molecule has 25 heavy (non-hydrogen) atoms. The van der Waals surface area contributed by atoms with Crippen LogP contribution in [0.1, 0.15) is 11.5 Å². The Bertz CT molecular complexity index is 681. The van der Waals surface area contributed by atoms with Gasteiger partial charge in [0.25, 0.3) is 0 Å². The van der Waals surface area contributed by atoms with Gasteiger partial charge in [0, 0.05) is 29.2 Å². The number of anilines is 1. The van der Waals surface area contributed by atoms with E-state index in [4.69, 9.17) is 5.73 Å². The first-order chi connectivity index (χ1) is 11.7. The molecule has 0 bridgehead atoms. The molecule has 6 heteroatoms. The monoisotopic (exact) mass is 423 g/mol. The number of benzene rings is 2. The topological polar surface area (TPSA) is 58.4 Å². The quantitative estimate of drug-likeness (QED) is 0.772. The average Bonchev–Trinajstić information content (AvgIpc) is 3.00. The maximum absolute atomic E-state index is 12.3. The fraction of sp³-hybridized carbons (Fsp3) is 0.316. The molecular weight excluding hydrogens is 402 g/mol. The second-order valence-electron chi connectivity index (χ2n) is 6.26. The maximum atomic E-state index is 12.3. The maximum Gasteiger partial charge on any atom is 0.238 e. The first-order valence-corrected chi connectivity index (χ1v) is 8.98. The summed E-state index contributed by atoms with van der Waals surface area (Å²) in [5.41, 5.74) is 8.09. The minimum absolute atomic E-state index is 0. The summed E-state index contributed by atoms with van der Waals surface area (Å²) in [7, 11) is 0. The van der Waals surface area contributed by atoms with Gasteiger partial charge in [0.2, 0.25) is 5.91 Å². The average molecular weight is 425 g/mol. The fourth-order valence-corrected chi connectivity index (χ4v) is 3.61. The van der Waals surface area contributed by atoms with Crippen LogP contribution in [-0.2, 0) is 4.79 Å². The molecule has 2 aromatic rings. The largest absolute Gasteiger partial charge is 0.330 e. The van der Waals surface area contributed by atoms with Gasteiger partial charge in [0.05, 0.1) is 6.54 Å². The van der Waals surface area contributed by atoms with Crippen LogP contribution in [0.5, 0.6) is 0 Å². The van der Waals surface area contributed by atoms with Gasteiger partial charge in [-0.05, 0) is 42.3 Å². The molecule has 0 aromatic heterocycles. The molecule has 1 saturated heterocycles. The molecule has 1 aliphatic heterocycles. The number of rotatable bonds is 5. The Balaban J connectivity index is 0.00000225. The molecule has 2 aromatic carbocycles. The zero-order valence-corrected chi connectivity index (χ0v) is 16.3. The van der Waals surface area contributed by atoms with E-state index in [1.807, 2.05) is 30.3 Å². The molecule has 2 atom stereocenters. The van der Waals surface area contributed by atoms with Crippen LogP contribution in [0.4, 0.5) is 5.69 Å². The standard InChI is InChI=1S/C19H22BrN3O.ClH/c20-16-6-8-17(9-7-16)22-19(24)13-23-11-15(10-21)18(12-23)14-4-2-1-3-5-14;/h1-9,15,18H,10-13,21H2,(H,22,24);1H/t15-,18+;/m1./s1. The van der Waals surface area contributed by atoms with Crippen molar-refractivity contribution >= 4 is 39.9 Å². The Morgan fingerprint density at radius 1 is 1.12 bits per heavy atom. The highest BCUT2D eigenvalue weighted by Gasteiger charge is 2.33. The normalized spacial score (nSPS) is 20.1. The van der Waals surface area contributed by atoms with Crippen LogP contribution in [0.3, 0.4) is 0 Å². The molecule has 3 rings (SSSR count). The number of hydrogen-bond donors (Lipinski definition) is 2. The van der Waals surface area contributed by atoms with Crippen molar-refractivity contribution in [2.24, 2.45) is 11.7 Å². The lowest BCUT2D eigenvalue weighted by Crippen LogP contribution is -2.32. The molecule has 0 unspecified atom stereocenters. The minimum atomic E-state index is 0. The van der Waals surface area contributed by atoms with Crippen molar-refractivity contribution < 1.29 is 4.79 Å². The Kier molecular flexibility index (Phi) is 7.44. The van der Waals surface area contributed by atoms with Crippen molar-refractivity contribution in [1.29, 1.82) is 0 Å². The third-order valence-corrected chi connectivity index (χ3v) is 5.07. The number of carbonyl (C=O) groups is 1. The summed E-state index contributed by atoms with van der Waals surface area (Å²) in [5, 5.41) is 2.95. The second-order valence-corrected chi connectivity index (χ2v) is 7.18. The first-order valence-electron chi connectivity index (χ1n) is 8.18. The van der Waals surface area contributed by atoms with Crippen LogP contribution in [0.2, 0.25) is 0 Å². The summed E-state index contributed by atoms with van der Waals surface area (Å²) in [6, 6.07) is 18.1. The van der Waals surface area contributed by atoms with E-state index in [1.165, 1.54) is 5.56 Å². The Labute approximate surface area is 163 Å². The molecule has 134 valence electrons. The summed E-state index contributed by atoms with van der Waals surface area (Å²) in [5.74, 6) is 0.811. The van der Waals surface area contributed by atoms with Gasteiger partial charge in [-0.3, -0.25) is 9.69 Å². The zero-order valence-electron chi connectivity index (χ0n) is 13.9. The molecule has 3 N–H and O–H groups in total. The van der Waals surface area contributed by atoms with Crippen molar-refractivity contribution in [3.63, 3.8) is 0 Å². The van der Waals surface area contributed by atoms with Gasteiger partial charge in [0.15, 0.2) is 0 Å². The Morgan fingerprint density at radius 2 is 1.80 bits per heavy atom. The predicted octanol–water partition coefficient (Wildman–Crippen LogP) is 3.48. The molecule has 0 aliphatic carbocycles. The molecule has 1 aliphatic rings. The number of amides is 1. The van der Waals surface area contributed by atoms with E-state index in [0.29, 0.717) is 24.9 Å². The van der Waals surface area contributed by atoms with Crippen LogP contribution in [0.15, 0.2) is 59.1 Å². The number of likely N-dealkylation sites (tertiary alicyclic amines) is 1. The fourth-order valence-electron chi connectivity index (χ4n) is 3.34. The lowest BCUT2D eigenvalue weighted by molar-refractivity contribution is -0.117. The van der Waals surface area contributed by atoms with E-state index in [0.717, 1.165) is 23.2 Å². The van der Waals surface area contributed by atoms with Crippen molar-refractivity contribution in [3.8, 4) is 0 Å². The zero-order chi connectivity index (χ0) is 16.9. The van der Waals surface area contributed by atoms with Crippen molar-refractivity contribution in [2.45, 2.75) is 5.92 Å². The summed E-state index contributed by atoms with van der Waals surface area (Å²) >= 11 is 3.39. The Hall–Kier alpha value is -1.40. The van der Waals surface area contributed by atoms with E-state index in [9.17, 15) is 4.79 Å². The van der Waals surface area contributed by atoms with E-state index in [-0.39, 0.29) is 18.3 Å². The smallest absolute Gasteiger partial charge is 0.238 e. The van der Waals surface area contributed by atoms with Crippen LogP contribution in [0, 0.1) is 5.92 Å². The highest BCUT2D eigenvalue weighted by atomic mass is 79.9. The van der Waals surface area contributed by atoms with E-state index >= 15 is 0 Å². The minimum Gasteiger partial charge on any atom is -0.330 e. The van der Waals surface area contributed by atoms with Gasteiger partial charge in [-0.15, -0.1) is 12.4 Å². The number of halogens is 2. The van der Waals surface area contributed by atoms with Gasteiger partial charge < -0.3 is 11.1 Å². The highest BCUT2D eigenvalue weighted by Crippen LogP contribution is 2.31. The van der Waals surface area contributed by atoms with E-state index in [1.54, 1.807) is 0 Å². The summed E-state index contributed by atoms with van der Waals surface area (Å²) in [4.78, 5) is 14.5. The van der Waals surface area contributed by atoms with Crippen molar-refractivity contribution in [3.05, 3.63) is 64.6 Å². The van der Waals surface area contributed by atoms with Gasteiger partial charge in [0.1, 0.15) is 0 Å². The molecule has 4 nitrogen and oxygen atoms in total. The summed E-state index contributed by atoms with van der Waals surface area (Å²) in [6.45, 7) is 2.78. The molecule has 1 amide bonds. The molecule has 0 spiro atoms. The third-order valence-electron chi connectivity index (χ3n) is 4.54. The van der Waals surface area contributed by atoms with E-state index < -0.39 is 0 Å². The number of nitrogens with zero attached hydrogens (tertiary/aromatic N) is 1. The predicted molar refractivity (Wildman–Crippen MR) is 108 cm³/mol. The lowest BCUT2D eigenvalue weighted by Gasteiger charge is -2.16. The molecule has 1 fully saturated rings. The number of hydrogen-bond acceptors (Lipinski definition) is 3. The van der Waals surface area contributed by atoms with Crippen molar-refractivity contribution in [1.82, 2.24) is 4.90 Å². The first kappa shape index (κ1) is 19.9. The second kappa shape index (κ2) is 9.34. The molecule has 0 radical (unpaired) electrons. The van der Waals surface area contributed by atoms with Gasteiger partial charge in [-0.2, -0.15) is 0 Å². The number of carbonyl (C=O) groups excluding carboxylic acids is 1. The van der Waals surface area contributed by atoms with E-state index in [2.05, 4.69) is 50.4 Å². The third kappa shape index (κ3) is 5.28. The molecule has 0 saturated carbocycles. The van der Waals surface area contributed by atoms with Crippen LogP contribution < -0.4 is 11.1 Å². The van der Waals surface area contributed by atoms with Crippen molar-refractivity contribution in [2.75, 3.05) is 31.5 Å². The highest BCUT2D eigenvalue weighted by molar-refractivity contribution is 9.10. The van der Waals surface area contributed by atoms with Gasteiger partial charge in [-0.25, -0.2) is 0 Å². The number of nitrogens with one attached hydrogen (secondary N) is 1. The number of nitrogens with two attached hydrogens (primary N) is 1. The van der Waals surface area contributed by atoms with Crippen LogP contribution in [-0.4, -0.2) is 37.0 Å². The SMILES string of the molecule is Cl.NC[C@@H]1CN(CC(=O)Nc2ccc(Br)cc2)C[C@H]1c1ccccc1. The van der Waals surface area contributed by atoms with Crippen LogP contribution >= 0.6 is 28.3 Å². The van der Waals surface area contributed by atoms with Crippen LogP contribution in [0.25, 0.3) is 0 Å². The Morgan fingerprint density at radius 3 is 2.44 bits per heavy atom. The van der Waals surface area contributed by atoms with Gasteiger partial charge in [-0.1, -0.05) is 46.3 Å². The summed E-state index contributed by atoms with van der Waals surface area (Å²) in [6.07, 6.45) is 0.